The lowest BCUT2D eigenvalue weighted by atomic mass is 10.2. The Bertz CT molecular complexity index is 487. The Labute approximate surface area is 152 Å². The lowest BCUT2D eigenvalue weighted by Gasteiger charge is -2.33. The van der Waals surface area contributed by atoms with Gasteiger partial charge in [-0.05, 0) is 19.0 Å². The predicted octanol–water partition coefficient (Wildman–Crippen LogP) is 3.06. The molecule has 0 spiro atoms. The van der Waals surface area contributed by atoms with Crippen LogP contribution in [0.15, 0.2) is 30.3 Å². The van der Waals surface area contributed by atoms with Crippen LogP contribution < -0.4 is 0 Å². The maximum absolute atomic E-state index is 12.5. The Hall–Kier alpha value is -1.59. The van der Waals surface area contributed by atoms with Gasteiger partial charge in [0.2, 0.25) is 0 Å². The quantitative estimate of drug-likeness (QED) is 0.643. The predicted molar refractivity (Wildman–Crippen MR) is 102 cm³/mol. The van der Waals surface area contributed by atoms with Crippen LogP contribution >= 0.6 is 0 Å². The Morgan fingerprint density at radius 3 is 2.48 bits per heavy atom. The second-order valence-corrected chi connectivity index (χ2v) is 6.88. The molecule has 0 bridgehead atoms. The van der Waals surface area contributed by atoms with Crippen LogP contribution in [0.25, 0.3) is 0 Å². The van der Waals surface area contributed by atoms with Crippen molar-refractivity contribution in [3.63, 3.8) is 0 Å². The molecule has 0 atom stereocenters. The second kappa shape index (κ2) is 11.1. The summed E-state index contributed by atoms with van der Waals surface area (Å²) in [5, 5.41) is 0. The van der Waals surface area contributed by atoms with Crippen molar-refractivity contribution in [2.45, 2.75) is 32.8 Å². The molecule has 0 aromatic heterocycles. The molecular weight excluding hydrogens is 314 g/mol. The van der Waals surface area contributed by atoms with Gasteiger partial charge in [-0.15, -0.1) is 0 Å². The van der Waals surface area contributed by atoms with Gasteiger partial charge in [0, 0.05) is 45.8 Å². The zero-order valence-electron chi connectivity index (χ0n) is 15.8. The van der Waals surface area contributed by atoms with Crippen LogP contribution in [-0.2, 0) is 11.3 Å². The minimum Gasteiger partial charge on any atom is -0.445 e. The van der Waals surface area contributed by atoms with E-state index in [2.05, 4.69) is 23.8 Å². The molecule has 1 aromatic carbocycles. The van der Waals surface area contributed by atoms with Crippen molar-refractivity contribution < 1.29 is 9.53 Å². The molecule has 0 unspecified atom stereocenters. The Balaban J connectivity index is 1.79. The summed E-state index contributed by atoms with van der Waals surface area (Å²) >= 11 is 0. The van der Waals surface area contributed by atoms with E-state index in [4.69, 9.17) is 4.74 Å². The SMILES string of the molecule is CCCCCN(CCN1CCN(C)CC1)C(=O)OCc1ccccc1. The number of benzene rings is 1. The van der Waals surface area contributed by atoms with Crippen LogP contribution in [0.3, 0.4) is 0 Å². The third-order valence-electron chi connectivity index (χ3n) is 4.78. The fraction of sp³-hybridized carbons (Fsp3) is 0.650. The zero-order valence-corrected chi connectivity index (χ0v) is 15.8. The van der Waals surface area contributed by atoms with E-state index in [9.17, 15) is 4.79 Å². The van der Waals surface area contributed by atoms with Crippen molar-refractivity contribution in [1.82, 2.24) is 14.7 Å². The van der Waals surface area contributed by atoms with Gasteiger partial charge in [0.25, 0.3) is 0 Å². The van der Waals surface area contributed by atoms with Gasteiger partial charge < -0.3 is 14.5 Å². The summed E-state index contributed by atoms with van der Waals surface area (Å²) in [6, 6.07) is 9.88. The molecular formula is C20H33N3O2. The molecule has 1 aromatic rings. The van der Waals surface area contributed by atoms with Crippen molar-refractivity contribution in [2.75, 3.05) is 52.9 Å². The summed E-state index contributed by atoms with van der Waals surface area (Å²) in [6.07, 6.45) is 3.16. The van der Waals surface area contributed by atoms with E-state index in [1.165, 1.54) is 0 Å². The number of unbranched alkanes of at least 4 members (excludes halogenated alkanes) is 2. The van der Waals surface area contributed by atoms with E-state index in [1.54, 1.807) is 0 Å². The van der Waals surface area contributed by atoms with E-state index in [0.29, 0.717) is 6.61 Å². The number of rotatable bonds is 9. The number of piperazine rings is 1. The maximum atomic E-state index is 12.5. The molecule has 25 heavy (non-hydrogen) atoms. The topological polar surface area (TPSA) is 36.0 Å². The maximum Gasteiger partial charge on any atom is 0.410 e. The van der Waals surface area contributed by atoms with E-state index in [0.717, 1.165) is 70.6 Å². The molecule has 1 amide bonds. The molecule has 1 heterocycles. The first-order valence-electron chi connectivity index (χ1n) is 9.55. The number of carbonyl (C=O) groups excluding carboxylic acids is 1. The number of nitrogens with zero attached hydrogens (tertiary/aromatic N) is 3. The number of carbonyl (C=O) groups is 1. The third kappa shape index (κ3) is 7.45. The Morgan fingerprint density at radius 2 is 1.80 bits per heavy atom. The fourth-order valence-electron chi connectivity index (χ4n) is 2.99. The number of amides is 1. The van der Waals surface area contributed by atoms with E-state index >= 15 is 0 Å². The molecule has 1 saturated heterocycles. The van der Waals surface area contributed by atoms with Crippen molar-refractivity contribution in [3.8, 4) is 0 Å². The van der Waals surface area contributed by atoms with Crippen LogP contribution in [-0.4, -0.2) is 73.7 Å². The van der Waals surface area contributed by atoms with Gasteiger partial charge in [-0.1, -0.05) is 50.1 Å². The summed E-state index contributed by atoms with van der Waals surface area (Å²) in [6.45, 7) is 9.37. The average molecular weight is 348 g/mol. The Morgan fingerprint density at radius 1 is 1.08 bits per heavy atom. The number of hydrogen-bond donors (Lipinski definition) is 0. The van der Waals surface area contributed by atoms with E-state index in [1.807, 2.05) is 35.2 Å². The van der Waals surface area contributed by atoms with Gasteiger partial charge >= 0.3 is 6.09 Å². The first-order chi connectivity index (χ1) is 12.2. The summed E-state index contributed by atoms with van der Waals surface area (Å²) in [5.41, 5.74) is 1.03. The number of ether oxygens (including phenoxy) is 1. The number of likely N-dealkylation sites (N-methyl/N-ethyl adjacent to an activating group) is 1. The molecule has 5 heteroatoms. The zero-order chi connectivity index (χ0) is 17.9. The first-order valence-corrected chi connectivity index (χ1v) is 9.55. The first kappa shape index (κ1) is 19.7. The summed E-state index contributed by atoms with van der Waals surface area (Å²) in [5.74, 6) is 0. The van der Waals surface area contributed by atoms with Gasteiger partial charge in [0.1, 0.15) is 6.61 Å². The minimum atomic E-state index is -0.186. The smallest absolute Gasteiger partial charge is 0.410 e. The van der Waals surface area contributed by atoms with Gasteiger partial charge in [-0.3, -0.25) is 4.90 Å². The van der Waals surface area contributed by atoms with Crippen molar-refractivity contribution in [1.29, 1.82) is 0 Å². The van der Waals surface area contributed by atoms with Gasteiger partial charge in [-0.2, -0.15) is 0 Å². The highest BCUT2D eigenvalue weighted by Crippen LogP contribution is 2.07. The van der Waals surface area contributed by atoms with Gasteiger partial charge in [0.15, 0.2) is 0 Å². The van der Waals surface area contributed by atoms with Gasteiger partial charge in [-0.25, -0.2) is 4.79 Å². The third-order valence-corrected chi connectivity index (χ3v) is 4.78. The van der Waals surface area contributed by atoms with E-state index < -0.39 is 0 Å². The molecule has 0 N–H and O–H groups in total. The largest absolute Gasteiger partial charge is 0.445 e. The summed E-state index contributed by atoms with van der Waals surface area (Å²) in [7, 11) is 2.16. The monoisotopic (exact) mass is 347 g/mol. The van der Waals surface area contributed by atoms with Crippen LogP contribution in [0.5, 0.6) is 0 Å². The lowest BCUT2D eigenvalue weighted by Crippen LogP contribution is -2.47. The molecule has 1 aliphatic heterocycles. The molecule has 0 radical (unpaired) electrons. The molecule has 140 valence electrons. The van der Waals surface area contributed by atoms with Crippen LogP contribution in [0, 0.1) is 0 Å². The van der Waals surface area contributed by atoms with Crippen LogP contribution in [0.2, 0.25) is 0 Å². The lowest BCUT2D eigenvalue weighted by molar-refractivity contribution is 0.0851. The molecule has 0 saturated carbocycles. The molecule has 1 fully saturated rings. The number of hydrogen-bond acceptors (Lipinski definition) is 4. The molecule has 2 rings (SSSR count). The Kier molecular flexibility index (Phi) is 8.77. The fourth-order valence-corrected chi connectivity index (χ4v) is 2.99. The second-order valence-electron chi connectivity index (χ2n) is 6.88. The minimum absolute atomic E-state index is 0.186. The molecule has 0 aliphatic carbocycles. The standard InChI is InChI=1S/C20H33N3O2/c1-3-4-8-11-23(17-16-22-14-12-21(2)13-15-22)20(24)25-18-19-9-6-5-7-10-19/h5-7,9-10H,3-4,8,11-18H2,1-2H3. The molecule has 1 aliphatic rings. The van der Waals surface area contributed by atoms with Crippen molar-refractivity contribution in [2.24, 2.45) is 0 Å². The van der Waals surface area contributed by atoms with Crippen molar-refractivity contribution in [3.05, 3.63) is 35.9 Å². The average Bonchev–Trinajstić information content (AvgIpc) is 2.65. The summed E-state index contributed by atoms with van der Waals surface area (Å²) < 4.78 is 5.54. The highest BCUT2D eigenvalue weighted by Gasteiger charge is 2.18. The highest BCUT2D eigenvalue weighted by atomic mass is 16.6. The highest BCUT2D eigenvalue weighted by molar-refractivity contribution is 5.67. The van der Waals surface area contributed by atoms with Crippen LogP contribution in [0.4, 0.5) is 4.79 Å². The normalized spacial score (nSPS) is 15.9. The van der Waals surface area contributed by atoms with Gasteiger partial charge in [0.05, 0.1) is 0 Å². The van der Waals surface area contributed by atoms with E-state index in [-0.39, 0.29) is 6.09 Å². The van der Waals surface area contributed by atoms with Crippen LogP contribution in [0.1, 0.15) is 31.7 Å². The summed E-state index contributed by atoms with van der Waals surface area (Å²) in [4.78, 5) is 19.2. The van der Waals surface area contributed by atoms with Crippen molar-refractivity contribution >= 4 is 6.09 Å². The molecule has 5 nitrogen and oxygen atoms in total.